The molecule has 31 heavy (non-hydrogen) atoms. The molecule has 0 radical (unpaired) electrons. The Bertz CT molecular complexity index is 1410. The van der Waals surface area contributed by atoms with Crippen LogP contribution in [0.3, 0.4) is 0 Å². The molecular weight excluding hydrogens is 384 g/mol. The lowest BCUT2D eigenvalue weighted by molar-refractivity contribution is 0.425. The van der Waals surface area contributed by atoms with E-state index in [2.05, 4.69) is 84.0 Å². The average molecular weight is 409 g/mol. The van der Waals surface area contributed by atoms with E-state index in [0.717, 1.165) is 34.5 Å². The molecule has 0 aliphatic heterocycles. The van der Waals surface area contributed by atoms with Crippen LogP contribution < -0.4 is 0 Å². The molecule has 0 spiro atoms. The van der Waals surface area contributed by atoms with E-state index in [9.17, 15) is 0 Å². The van der Waals surface area contributed by atoms with Gasteiger partial charge in [0.05, 0.1) is 11.0 Å². The Labute approximate surface area is 181 Å². The highest BCUT2D eigenvalue weighted by Crippen LogP contribution is 2.36. The van der Waals surface area contributed by atoms with E-state index in [1.165, 1.54) is 22.3 Å². The second kappa shape index (κ2) is 7.51. The van der Waals surface area contributed by atoms with Crippen molar-refractivity contribution >= 4 is 11.0 Å². The first-order chi connectivity index (χ1) is 15.0. The molecule has 5 heteroatoms. The van der Waals surface area contributed by atoms with Crippen molar-refractivity contribution in [2.45, 2.75) is 34.2 Å². The summed E-state index contributed by atoms with van der Waals surface area (Å²) >= 11 is 0. The van der Waals surface area contributed by atoms with Crippen molar-refractivity contribution in [2.75, 3.05) is 0 Å². The second-order valence-corrected chi connectivity index (χ2v) is 7.89. The smallest absolute Gasteiger partial charge is 0.257 e. The molecule has 0 fully saturated rings. The zero-order chi connectivity index (χ0) is 21.5. The first-order valence-electron chi connectivity index (χ1n) is 10.5. The Morgan fingerprint density at radius 3 is 2.35 bits per heavy atom. The molecule has 0 N–H and O–H groups in total. The summed E-state index contributed by atoms with van der Waals surface area (Å²) in [5.41, 5.74) is 8.97. The van der Waals surface area contributed by atoms with Crippen LogP contribution in [0.1, 0.15) is 23.9 Å². The van der Waals surface area contributed by atoms with E-state index in [-0.39, 0.29) is 0 Å². The summed E-state index contributed by atoms with van der Waals surface area (Å²) in [5, 5.41) is 3.91. The first kappa shape index (κ1) is 19.2. The van der Waals surface area contributed by atoms with Gasteiger partial charge in [-0.05, 0) is 62.6 Å². The fourth-order valence-electron chi connectivity index (χ4n) is 4.23. The van der Waals surface area contributed by atoms with Crippen LogP contribution >= 0.6 is 0 Å². The van der Waals surface area contributed by atoms with E-state index in [0.29, 0.717) is 11.7 Å². The number of fused-ring (bicyclic) bond motifs is 1. The number of hydrogen-bond acceptors (Lipinski definition) is 4. The lowest BCUT2D eigenvalue weighted by Gasteiger charge is -2.14. The number of aryl methyl sites for hydroxylation is 4. The number of hydrogen-bond donors (Lipinski definition) is 0. The molecule has 0 unspecified atom stereocenters. The second-order valence-electron chi connectivity index (χ2n) is 7.89. The number of nitrogens with zero attached hydrogens (tertiary/aromatic N) is 4. The van der Waals surface area contributed by atoms with E-state index in [1.54, 1.807) is 0 Å². The zero-order valence-corrected chi connectivity index (χ0v) is 18.2. The quantitative estimate of drug-likeness (QED) is 0.347. The number of benzene rings is 3. The van der Waals surface area contributed by atoms with Gasteiger partial charge in [0.25, 0.3) is 5.89 Å². The van der Waals surface area contributed by atoms with Gasteiger partial charge in [0.2, 0.25) is 0 Å². The van der Waals surface area contributed by atoms with Gasteiger partial charge in [-0.1, -0.05) is 53.2 Å². The van der Waals surface area contributed by atoms with Crippen LogP contribution in [-0.4, -0.2) is 19.7 Å². The lowest BCUT2D eigenvalue weighted by atomic mass is 9.94. The van der Waals surface area contributed by atoms with Crippen molar-refractivity contribution in [1.82, 2.24) is 19.7 Å². The summed E-state index contributed by atoms with van der Waals surface area (Å²) in [7, 11) is 0. The van der Waals surface area contributed by atoms with Gasteiger partial charge in [-0.15, -0.1) is 0 Å². The monoisotopic (exact) mass is 408 g/mol. The summed E-state index contributed by atoms with van der Waals surface area (Å²) in [6, 6.07) is 21.2. The zero-order valence-electron chi connectivity index (χ0n) is 18.2. The van der Waals surface area contributed by atoms with Gasteiger partial charge in [-0.25, -0.2) is 4.98 Å². The average Bonchev–Trinajstić information content (AvgIpc) is 3.36. The molecule has 154 valence electrons. The Hall–Kier alpha value is -3.73. The first-order valence-corrected chi connectivity index (χ1v) is 10.5. The van der Waals surface area contributed by atoms with Gasteiger partial charge in [0.1, 0.15) is 5.82 Å². The fourth-order valence-corrected chi connectivity index (χ4v) is 4.23. The molecule has 0 bridgehead atoms. The molecule has 5 nitrogen and oxygen atoms in total. The third-order valence-corrected chi connectivity index (χ3v) is 5.68. The minimum atomic E-state index is 0.516. The van der Waals surface area contributed by atoms with E-state index < -0.39 is 0 Å². The number of rotatable bonds is 4. The predicted molar refractivity (Wildman–Crippen MR) is 124 cm³/mol. The molecule has 0 saturated carbocycles. The highest BCUT2D eigenvalue weighted by atomic mass is 16.5. The van der Waals surface area contributed by atoms with Gasteiger partial charge in [0.15, 0.2) is 5.82 Å². The summed E-state index contributed by atoms with van der Waals surface area (Å²) in [5.74, 6) is 2.10. The largest absolute Gasteiger partial charge is 0.334 e. The maximum Gasteiger partial charge on any atom is 0.257 e. The fraction of sp³-hybridized carbons (Fsp3) is 0.192. The molecule has 5 aromatic rings. The molecule has 0 saturated heterocycles. The van der Waals surface area contributed by atoms with Crippen LogP contribution in [0.2, 0.25) is 0 Å². The Kier molecular flexibility index (Phi) is 4.66. The van der Waals surface area contributed by atoms with Crippen molar-refractivity contribution in [1.29, 1.82) is 0 Å². The van der Waals surface area contributed by atoms with Crippen molar-refractivity contribution in [3.05, 3.63) is 77.6 Å². The number of aromatic nitrogens is 4. The number of imidazole rings is 1. The molecule has 5 rings (SSSR count). The minimum absolute atomic E-state index is 0.516. The highest BCUT2D eigenvalue weighted by Gasteiger charge is 2.18. The van der Waals surface area contributed by atoms with Crippen LogP contribution in [0.25, 0.3) is 45.0 Å². The maximum atomic E-state index is 5.35. The van der Waals surface area contributed by atoms with Gasteiger partial charge in [0, 0.05) is 17.7 Å². The summed E-state index contributed by atoms with van der Waals surface area (Å²) < 4.78 is 7.62. The summed E-state index contributed by atoms with van der Waals surface area (Å²) in [4.78, 5) is 9.41. The highest BCUT2D eigenvalue weighted by molar-refractivity contribution is 5.89. The van der Waals surface area contributed by atoms with E-state index >= 15 is 0 Å². The molecule has 0 aliphatic rings. The molecule has 2 heterocycles. The van der Waals surface area contributed by atoms with Crippen molar-refractivity contribution < 1.29 is 4.52 Å². The van der Waals surface area contributed by atoms with Crippen molar-refractivity contribution in [2.24, 2.45) is 0 Å². The summed E-state index contributed by atoms with van der Waals surface area (Å²) in [6.07, 6.45) is 0. The van der Waals surface area contributed by atoms with Crippen LogP contribution in [0.4, 0.5) is 0 Å². The summed E-state index contributed by atoms with van der Waals surface area (Å²) in [6.45, 7) is 9.09. The molecule has 2 aromatic heterocycles. The van der Waals surface area contributed by atoms with Crippen LogP contribution in [0, 0.1) is 20.8 Å². The van der Waals surface area contributed by atoms with Gasteiger partial charge in [-0.2, -0.15) is 4.98 Å². The molecule has 0 atom stereocenters. The van der Waals surface area contributed by atoms with Crippen LogP contribution in [0.5, 0.6) is 0 Å². The van der Waals surface area contributed by atoms with Gasteiger partial charge in [-0.3, -0.25) is 0 Å². The Morgan fingerprint density at radius 2 is 1.65 bits per heavy atom. The van der Waals surface area contributed by atoms with Crippen LogP contribution in [0.15, 0.2) is 65.2 Å². The van der Waals surface area contributed by atoms with Crippen molar-refractivity contribution in [3.8, 4) is 34.0 Å². The third kappa shape index (κ3) is 3.32. The maximum absolute atomic E-state index is 5.35. The molecule has 0 amide bonds. The van der Waals surface area contributed by atoms with Gasteiger partial charge < -0.3 is 9.09 Å². The third-order valence-electron chi connectivity index (χ3n) is 5.68. The van der Waals surface area contributed by atoms with E-state index in [4.69, 9.17) is 9.51 Å². The van der Waals surface area contributed by atoms with Crippen LogP contribution in [-0.2, 0) is 6.54 Å². The minimum Gasteiger partial charge on any atom is -0.334 e. The normalized spacial score (nSPS) is 11.4. The molecule has 3 aromatic carbocycles. The topological polar surface area (TPSA) is 56.7 Å². The SMILES string of the molecule is CCn1c(-c2ccccc2-c2ccc(C)cc2C)nc2cc(-c3nc(C)no3)ccc21. The molecule has 0 aliphatic carbocycles. The lowest BCUT2D eigenvalue weighted by Crippen LogP contribution is -1.99. The predicted octanol–water partition coefficient (Wildman–Crippen LogP) is 6.37. The Morgan fingerprint density at radius 1 is 0.839 bits per heavy atom. The van der Waals surface area contributed by atoms with E-state index in [1.807, 2.05) is 19.1 Å². The van der Waals surface area contributed by atoms with Gasteiger partial charge >= 0.3 is 0 Å². The van der Waals surface area contributed by atoms with Crippen molar-refractivity contribution in [3.63, 3.8) is 0 Å². The Balaban J connectivity index is 1.70. The standard InChI is InChI=1S/C26H24N4O/c1-5-30-24-13-11-19(26-27-18(4)29-31-26)15-23(24)28-25(30)22-9-7-6-8-21(22)20-12-10-16(2)14-17(20)3/h6-15H,5H2,1-4H3. The molecular formula is C26H24N4O.